The van der Waals surface area contributed by atoms with Crippen molar-refractivity contribution in [3.05, 3.63) is 41.7 Å². The normalized spacial score (nSPS) is 16.3. The van der Waals surface area contributed by atoms with Crippen LogP contribution in [0.1, 0.15) is 6.92 Å². The molecule has 1 amide bonds. The van der Waals surface area contributed by atoms with E-state index in [1.807, 2.05) is 35.0 Å². The summed E-state index contributed by atoms with van der Waals surface area (Å²) in [5.74, 6) is 0.665. The monoisotopic (exact) mass is 363 g/mol. The number of imidazole rings is 1. The molecule has 0 aromatic carbocycles. The van der Waals surface area contributed by atoms with Crippen molar-refractivity contribution in [2.45, 2.75) is 12.1 Å². The Labute approximate surface area is 148 Å². The smallest absolute Gasteiger partial charge is 0.333 e. The average molecular weight is 363 g/mol. The lowest BCUT2D eigenvalue weighted by atomic mass is 10.4. The quantitative estimate of drug-likeness (QED) is 0.446. The lowest BCUT2D eigenvalue weighted by Gasteiger charge is -2.16. The highest BCUT2D eigenvalue weighted by atomic mass is 32.2. The standard InChI is InChI=1S/C16H17N3O3S2/c1-2-22-15(21)9-14-19(13(20)11-24-14)7-8-23-16-17-10-12-5-3-4-6-18(12)16/h3-6,9-10H,2,7-8,11H2,1H3/b14-9+. The number of fused-ring (bicyclic) bond motifs is 1. The molecule has 2 aromatic heterocycles. The van der Waals surface area contributed by atoms with Gasteiger partial charge in [0, 0.05) is 18.5 Å². The number of esters is 1. The van der Waals surface area contributed by atoms with Crippen molar-refractivity contribution in [2.24, 2.45) is 0 Å². The molecular weight excluding hydrogens is 346 g/mol. The maximum absolute atomic E-state index is 12.0. The van der Waals surface area contributed by atoms with Crippen molar-refractivity contribution in [3.8, 4) is 0 Å². The van der Waals surface area contributed by atoms with Crippen molar-refractivity contribution in [1.82, 2.24) is 14.3 Å². The lowest BCUT2D eigenvalue weighted by molar-refractivity contribution is -0.137. The Morgan fingerprint density at radius 1 is 1.50 bits per heavy atom. The van der Waals surface area contributed by atoms with E-state index in [1.165, 1.54) is 17.8 Å². The van der Waals surface area contributed by atoms with Gasteiger partial charge in [0.25, 0.3) is 0 Å². The van der Waals surface area contributed by atoms with Crippen LogP contribution in [0.15, 0.2) is 46.9 Å². The largest absolute Gasteiger partial charge is 0.463 e. The zero-order valence-electron chi connectivity index (χ0n) is 13.2. The van der Waals surface area contributed by atoms with Crippen molar-refractivity contribution in [1.29, 1.82) is 0 Å². The highest BCUT2D eigenvalue weighted by molar-refractivity contribution is 8.04. The highest BCUT2D eigenvalue weighted by Gasteiger charge is 2.27. The number of hydrogen-bond donors (Lipinski definition) is 0. The fraction of sp³-hybridized carbons (Fsp3) is 0.312. The molecular formula is C16H17N3O3S2. The first-order valence-electron chi connectivity index (χ1n) is 7.55. The van der Waals surface area contributed by atoms with E-state index in [1.54, 1.807) is 23.6 Å². The molecule has 126 valence electrons. The van der Waals surface area contributed by atoms with Crippen LogP contribution in [0.5, 0.6) is 0 Å². The van der Waals surface area contributed by atoms with E-state index in [2.05, 4.69) is 4.98 Å². The predicted molar refractivity (Wildman–Crippen MR) is 94.8 cm³/mol. The first-order valence-corrected chi connectivity index (χ1v) is 9.52. The molecule has 0 aliphatic carbocycles. The van der Waals surface area contributed by atoms with Crippen molar-refractivity contribution >= 4 is 40.9 Å². The molecule has 0 saturated carbocycles. The summed E-state index contributed by atoms with van der Waals surface area (Å²) in [6.07, 6.45) is 5.19. The van der Waals surface area contributed by atoms with E-state index < -0.39 is 5.97 Å². The van der Waals surface area contributed by atoms with Gasteiger partial charge < -0.3 is 9.64 Å². The second-order valence-corrected chi connectivity index (χ2v) is 7.01. The Morgan fingerprint density at radius 3 is 3.21 bits per heavy atom. The van der Waals surface area contributed by atoms with E-state index in [4.69, 9.17) is 4.74 Å². The molecule has 3 rings (SSSR count). The van der Waals surface area contributed by atoms with E-state index in [9.17, 15) is 9.59 Å². The summed E-state index contributed by atoms with van der Waals surface area (Å²) in [4.78, 5) is 29.6. The third kappa shape index (κ3) is 3.76. The fourth-order valence-electron chi connectivity index (χ4n) is 2.31. The van der Waals surface area contributed by atoms with Gasteiger partial charge in [0.1, 0.15) is 0 Å². The Bertz CT molecular complexity index is 788. The molecule has 1 fully saturated rings. The second-order valence-electron chi connectivity index (χ2n) is 4.95. The number of carbonyl (C=O) groups excluding carboxylic acids is 2. The minimum Gasteiger partial charge on any atom is -0.463 e. The molecule has 24 heavy (non-hydrogen) atoms. The number of nitrogens with zero attached hydrogens (tertiary/aromatic N) is 3. The Kier molecular flexibility index (Phi) is 5.47. The van der Waals surface area contributed by atoms with E-state index in [0.29, 0.717) is 29.7 Å². The van der Waals surface area contributed by atoms with Gasteiger partial charge in [0.2, 0.25) is 5.91 Å². The zero-order valence-corrected chi connectivity index (χ0v) is 14.8. The summed E-state index contributed by atoms with van der Waals surface area (Å²) < 4.78 is 6.93. The first kappa shape index (κ1) is 16.9. The minimum atomic E-state index is -0.411. The molecule has 1 saturated heterocycles. The second kappa shape index (κ2) is 7.76. The van der Waals surface area contributed by atoms with Crippen LogP contribution in [0.4, 0.5) is 0 Å². The third-order valence-corrected chi connectivity index (χ3v) is 5.36. The van der Waals surface area contributed by atoms with Gasteiger partial charge in [0.15, 0.2) is 5.16 Å². The molecule has 3 heterocycles. The van der Waals surface area contributed by atoms with Gasteiger partial charge >= 0.3 is 5.97 Å². The molecule has 2 aromatic rings. The predicted octanol–water partition coefficient (Wildman–Crippen LogP) is 2.41. The molecule has 0 N–H and O–H groups in total. The summed E-state index contributed by atoms with van der Waals surface area (Å²) >= 11 is 2.95. The first-order chi connectivity index (χ1) is 11.7. The highest BCUT2D eigenvalue weighted by Crippen LogP contribution is 2.29. The number of thioether (sulfide) groups is 2. The van der Waals surface area contributed by atoms with E-state index in [0.717, 1.165) is 10.7 Å². The Balaban J connectivity index is 1.62. The minimum absolute atomic E-state index is 0.0177. The lowest BCUT2D eigenvalue weighted by Crippen LogP contribution is -2.27. The molecule has 0 spiro atoms. The molecule has 0 atom stereocenters. The number of amides is 1. The van der Waals surface area contributed by atoms with Gasteiger partial charge in [-0.05, 0) is 19.1 Å². The summed E-state index contributed by atoms with van der Waals surface area (Å²) in [6, 6.07) is 5.93. The summed E-state index contributed by atoms with van der Waals surface area (Å²) in [7, 11) is 0. The van der Waals surface area contributed by atoms with Gasteiger partial charge in [-0.2, -0.15) is 0 Å². The van der Waals surface area contributed by atoms with Crippen molar-refractivity contribution < 1.29 is 14.3 Å². The number of ether oxygens (including phenoxy) is 1. The maximum Gasteiger partial charge on any atom is 0.333 e. The summed E-state index contributed by atoms with van der Waals surface area (Å²) in [5.41, 5.74) is 1.04. The van der Waals surface area contributed by atoms with Gasteiger partial charge in [-0.15, -0.1) is 0 Å². The summed E-state index contributed by atoms with van der Waals surface area (Å²) in [5, 5.41) is 1.55. The van der Waals surface area contributed by atoms with Crippen molar-refractivity contribution in [2.75, 3.05) is 24.7 Å². The van der Waals surface area contributed by atoms with Crippen LogP contribution < -0.4 is 0 Å². The van der Waals surface area contributed by atoms with Crippen LogP contribution in [0.2, 0.25) is 0 Å². The Morgan fingerprint density at radius 2 is 2.38 bits per heavy atom. The summed E-state index contributed by atoms with van der Waals surface area (Å²) in [6.45, 7) is 2.61. The average Bonchev–Trinajstić information content (AvgIpc) is 3.13. The van der Waals surface area contributed by atoms with Gasteiger partial charge in [-0.1, -0.05) is 29.6 Å². The Hall–Kier alpha value is -1.93. The van der Waals surface area contributed by atoms with E-state index >= 15 is 0 Å². The third-order valence-electron chi connectivity index (χ3n) is 3.39. The van der Waals surface area contributed by atoms with Crippen LogP contribution >= 0.6 is 23.5 Å². The maximum atomic E-state index is 12.0. The van der Waals surface area contributed by atoms with Crippen LogP contribution in [0.3, 0.4) is 0 Å². The van der Waals surface area contributed by atoms with Crippen LogP contribution in [-0.4, -0.2) is 50.8 Å². The molecule has 8 heteroatoms. The van der Waals surface area contributed by atoms with Gasteiger partial charge in [0.05, 0.1) is 35.2 Å². The van der Waals surface area contributed by atoms with Gasteiger partial charge in [-0.25, -0.2) is 9.78 Å². The number of carbonyl (C=O) groups is 2. The SMILES string of the molecule is CCOC(=O)/C=C1/SCC(=O)N1CCSc1ncc2ccccn12. The molecule has 0 radical (unpaired) electrons. The molecule has 0 bridgehead atoms. The number of aromatic nitrogens is 2. The van der Waals surface area contributed by atoms with E-state index in [-0.39, 0.29) is 5.91 Å². The zero-order chi connectivity index (χ0) is 16.9. The fourth-order valence-corrected chi connectivity index (χ4v) is 4.15. The van der Waals surface area contributed by atoms with Crippen LogP contribution in [-0.2, 0) is 14.3 Å². The topological polar surface area (TPSA) is 63.9 Å². The molecule has 1 aliphatic heterocycles. The molecule has 6 nitrogen and oxygen atoms in total. The number of rotatable bonds is 6. The van der Waals surface area contributed by atoms with Crippen LogP contribution in [0, 0.1) is 0 Å². The molecule has 1 aliphatic rings. The number of hydrogen-bond acceptors (Lipinski definition) is 6. The van der Waals surface area contributed by atoms with Crippen molar-refractivity contribution in [3.63, 3.8) is 0 Å². The van der Waals surface area contributed by atoms with Crippen LogP contribution in [0.25, 0.3) is 5.52 Å². The molecule has 0 unspecified atom stereocenters. The van der Waals surface area contributed by atoms with Gasteiger partial charge in [-0.3, -0.25) is 9.20 Å². The number of pyridine rings is 1.